The number of alkyl halides is 1. The molecule has 0 heterocycles. The molecule has 7 atom stereocenters. The van der Waals surface area contributed by atoms with Gasteiger partial charge in [-0.25, -0.2) is 4.39 Å². The van der Waals surface area contributed by atoms with E-state index in [1.165, 1.54) is 36.4 Å². The van der Waals surface area contributed by atoms with Gasteiger partial charge in [-0.3, -0.25) is 45.3 Å². The van der Waals surface area contributed by atoms with E-state index in [2.05, 4.69) is 26.6 Å². The molecule has 0 radical (unpaired) electrons. The number of ether oxygens (including phenoxy) is 1. The molecule has 2 aromatic rings. The van der Waals surface area contributed by atoms with E-state index in [9.17, 15) is 49.3 Å². The summed E-state index contributed by atoms with van der Waals surface area (Å²) in [6, 6.07) is 11.4. The highest BCUT2D eigenvalue weighted by molar-refractivity contribution is 5.97. The second-order valence-corrected chi connectivity index (χ2v) is 14.1. The van der Waals surface area contributed by atoms with Crippen LogP contribution in [0.4, 0.5) is 4.39 Å². The number of carboxylic acids is 1. The zero-order valence-electron chi connectivity index (χ0n) is 34.1. The van der Waals surface area contributed by atoms with Crippen molar-refractivity contribution in [1.82, 2.24) is 31.6 Å². The molecule has 0 aliphatic carbocycles. The van der Waals surface area contributed by atoms with E-state index in [0.717, 1.165) is 5.56 Å². The number of hydrogen-bond donors (Lipinski definition) is 11. The van der Waals surface area contributed by atoms with Crippen LogP contribution in [0.3, 0.4) is 0 Å². The number of carbonyl (C=O) groups excluding carboxylic acids is 2. The molecular formula is C39H64FN9O11. The summed E-state index contributed by atoms with van der Waals surface area (Å²) >= 11 is 0. The molecule has 20 nitrogen and oxygen atoms in total. The molecule has 2 rings (SSSR count). The van der Waals surface area contributed by atoms with Gasteiger partial charge in [-0.15, -0.1) is 0 Å². The number of nitro groups is 1. The van der Waals surface area contributed by atoms with Crippen molar-refractivity contribution in [3.8, 4) is 0 Å². The average Bonchev–Trinajstić information content (AvgIpc) is 3.23. The summed E-state index contributed by atoms with van der Waals surface area (Å²) < 4.78 is 17.3. The van der Waals surface area contributed by atoms with Crippen LogP contribution < -0.4 is 38.1 Å². The quantitative estimate of drug-likeness (QED) is 0.0176. The van der Waals surface area contributed by atoms with Crippen molar-refractivity contribution in [2.24, 2.45) is 11.5 Å². The Bertz CT molecular complexity index is 1520. The molecule has 0 saturated carbocycles. The number of hydroxylamine groups is 2. The number of nitrogens with zero attached hydrogens (tertiary/aromatic N) is 2. The minimum absolute atomic E-state index is 0.0386. The fourth-order valence-corrected chi connectivity index (χ4v) is 6.11. The molecule has 60 heavy (non-hydrogen) atoms. The van der Waals surface area contributed by atoms with Crippen LogP contribution in [0.25, 0.3) is 0 Å². The summed E-state index contributed by atoms with van der Waals surface area (Å²) in [6.45, 7) is -0.908. The molecule has 2 amide bonds. The Morgan fingerprint density at radius 2 is 1.50 bits per heavy atom. The van der Waals surface area contributed by atoms with E-state index in [0.29, 0.717) is 44.3 Å². The van der Waals surface area contributed by atoms with Crippen molar-refractivity contribution in [3.05, 3.63) is 81.4 Å². The first-order valence-corrected chi connectivity index (χ1v) is 20.1. The summed E-state index contributed by atoms with van der Waals surface area (Å²) in [6.07, 6.45) is -1.12. The van der Waals surface area contributed by atoms with Crippen LogP contribution >= 0.6 is 0 Å². The van der Waals surface area contributed by atoms with Crippen molar-refractivity contribution in [3.63, 3.8) is 0 Å². The Balaban J connectivity index is 2.08. The summed E-state index contributed by atoms with van der Waals surface area (Å²) in [5.41, 5.74) is 12.6. The van der Waals surface area contributed by atoms with Gasteiger partial charge in [0.1, 0.15) is 43.5 Å². The summed E-state index contributed by atoms with van der Waals surface area (Å²) in [4.78, 5) is 54.9. The molecule has 0 aromatic heterocycles. The van der Waals surface area contributed by atoms with Gasteiger partial charge in [-0.05, 0) is 74.9 Å². The number of unbranched alkanes of at least 4 members (excludes halogenated alkanes) is 2. The summed E-state index contributed by atoms with van der Waals surface area (Å²) in [7, 11) is 1.51. The Morgan fingerprint density at radius 1 is 0.867 bits per heavy atom. The first-order valence-electron chi connectivity index (χ1n) is 20.1. The molecule has 2 aromatic carbocycles. The summed E-state index contributed by atoms with van der Waals surface area (Å²) in [5.74, 6) is -2.32. The molecular weight excluding hydrogens is 788 g/mol. The number of carboxylic acid groups (broad SMARTS) is 1. The number of nitrogens with two attached hydrogens (primary N) is 2. The Hall–Kier alpha value is -4.26. The van der Waals surface area contributed by atoms with E-state index < -0.39 is 78.8 Å². The Morgan fingerprint density at radius 3 is 2.10 bits per heavy atom. The van der Waals surface area contributed by atoms with Gasteiger partial charge in [0.25, 0.3) is 5.91 Å². The van der Waals surface area contributed by atoms with Crippen LogP contribution in [-0.4, -0.2) is 151 Å². The van der Waals surface area contributed by atoms with E-state index in [-0.39, 0.29) is 57.7 Å². The van der Waals surface area contributed by atoms with Gasteiger partial charge < -0.3 is 47.3 Å². The normalized spacial score (nSPS) is 15.1. The van der Waals surface area contributed by atoms with Crippen molar-refractivity contribution >= 4 is 17.8 Å². The monoisotopic (exact) mass is 852 g/mol. The maximum atomic E-state index is 13.4. The molecule has 13 N–H and O–H groups in total. The first kappa shape index (κ1) is 51.9. The van der Waals surface area contributed by atoms with Gasteiger partial charge in [-0.1, -0.05) is 48.9 Å². The lowest BCUT2D eigenvalue weighted by Gasteiger charge is -2.29. The van der Waals surface area contributed by atoms with Crippen molar-refractivity contribution in [2.45, 2.75) is 87.8 Å². The van der Waals surface area contributed by atoms with Crippen LogP contribution in [-0.2, 0) is 25.6 Å². The largest absolute Gasteiger partial charge is 0.480 e. The van der Waals surface area contributed by atoms with Gasteiger partial charge >= 0.3 is 5.97 Å². The maximum absolute atomic E-state index is 13.4. The number of likely N-dealkylation sites (N-methyl/N-ethyl adjacent to an activating group) is 1. The fourth-order valence-electron chi connectivity index (χ4n) is 6.11. The number of benzene rings is 2. The molecule has 21 heteroatoms. The topological polar surface area (TPSA) is 309 Å². The van der Waals surface area contributed by atoms with Crippen molar-refractivity contribution < 1.29 is 53.7 Å². The number of aliphatic carboxylic acids is 1. The molecule has 1 unspecified atom stereocenters. The third-order valence-corrected chi connectivity index (χ3v) is 9.35. The lowest BCUT2D eigenvalue weighted by atomic mass is 10.0. The number of rotatable bonds is 34. The molecule has 0 bridgehead atoms. The number of halogens is 1. The smallest absolute Gasteiger partial charge is 0.320 e. The lowest BCUT2D eigenvalue weighted by Crippen LogP contribution is -2.58. The van der Waals surface area contributed by atoms with Gasteiger partial charge in [0, 0.05) is 24.1 Å². The molecule has 0 aliphatic rings. The second-order valence-electron chi connectivity index (χ2n) is 14.1. The van der Waals surface area contributed by atoms with Gasteiger partial charge in [-0.2, -0.15) is 5.06 Å². The highest BCUT2D eigenvalue weighted by atomic mass is 18.2. The third-order valence-electron chi connectivity index (χ3n) is 9.35. The SMILES string of the molecule is CN(OCCOCC[18F])C(C[N+](=O)[O-])c1ccc(C(=O)N[C@@H](CCCCN)C(=O)NC[C@H](O)N[C@@H](Cc2ccccc2)[C@@H](O)NC[C@H](O)N[C@@H](CCCCN)C(=O)O)cc1. The average molecular weight is 853 g/mol. The van der Waals surface area contributed by atoms with Crippen LogP contribution in [0, 0.1) is 10.1 Å². The predicted octanol–water partition coefficient (Wildman–Crippen LogP) is -0.885. The van der Waals surface area contributed by atoms with Gasteiger partial charge in [0.05, 0.1) is 32.4 Å². The molecule has 0 aliphatic heterocycles. The van der Waals surface area contributed by atoms with Gasteiger partial charge in [0.15, 0.2) is 0 Å². The Labute approximate surface area is 349 Å². The standard InChI is InChI=1S/C39H64FN9O11/c1-48(60-22-21-59-20-17-40)33(26-49(57)58)28-13-15-29(16-14-28)36(52)47-30(11-5-7-18-41)37(53)43-25-35(51)46-32(23-27-9-3-2-4-10-27)38(54)44-24-34(50)45-31(39(55)56)12-6-8-19-42/h2-4,9-10,13-16,30-35,38,44-46,50-51,54H,5-8,11-12,17-26,41-42H2,1H3,(H,43,53)(H,47,52)(H,55,56)/t30-,31-,32-,33?,34-,35-,38+/m0/s1/i40-1. The number of amides is 2. The highest BCUT2D eigenvalue weighted by Gasteiger charge is 2.28. The third kappa shape index (κ3) is 20.8. The molecule has 0 fully saturated rings. The number of nitrogens with one attached hydrogen (secondary N) is 5. The predicted molar refractivity (Wildman–Crippen MR) is 219 cm³/mol. The maximum Gasteiger partial charge on any atom is 0.320 e. The van der Waals surface area contributed by atoms with E-state index in [1.807, 2.05) is 18.2 Å². The van der Waals surface area contributed by atoms with E-state index in [1.54, 1.807) is 12.1 Å². The Kier molecular flexibility index (Phi) is 25.8. The molecule has 0 saturated heterocycles. The highest BCUT2D eigenvalue weighted by Crippen LogP contribution is 2.21. The van der Waals surface area contributed by atoms with Crippen molar-refractivity contribution in [1.29, 1.82) is 0 Å². The van der Waals surface area contributed by atoms with E-state index >= 15 is 0 Å². The minimum atomic E-state index is -1.38. The minimum Gasteiger partial charge on any atom is -0.480 e. The fraction of sp³-hybridized carbons (Fsp3) is 0.615. The number of hydrogen-bond acceptors (Lipinski definition) is 16. The summed E-state index contributed by atoms with van der Waals surface area (Å²) in [5, 5.41) is 68.5. The number of aliphatic hydroxyl groups is 3. The number of aliphatic hydroxyl groups excluding tert-OH is 3. The van der Waals surface area contributed by atoms with Crippen LogP contribution in [0.1, 0.15) is 66.1 Å². The lowest BCUT2D eigenvalue weighted by molar-refractivity contribution is -0.493. The zero-order chi connectivity index (χ0) is 44.3. The van der Waals surface area contributed by atoms with Crippen LogP contribution in [0.5, 0.6) is 0 Å². The molecule has 338 valence electrons. The molecule has 0 spiro atoms. The van der Waals surface area contributed by atoms with Crippen molar-refractivity contribution in [2.75, 3.05) is 66.3 Å². The van der Waals surface area contributed by atoms with Crippen LogP contribution in [0.15, 0.2) is 54.6 Å². The van der Waals surface area contributed by atoms with Crippen LogP contribution in [0.2, 0.25) is 0 Å². The van der Waals surface area contributed by atoms with Gasteiger partial charge in [0.2, 0.25) is 12.5 Å². The number of carbonyl (C=O) groups is 3. The zero-order valence-corrected chi connectivity index (χ0v) is 34.1. The van der Waals surface area contributed by atoms with E-state index in [4.69, 9.17) is 21.0 Å². The first-order chi connectivity index (χ1) is 28.8. The second kappa shape index (κ2) is 29.9.